The Kier molecular flexibility index (Phi) is 4.37. The molecule has 1 aliphatic rings. The Hall–Kier alpha value is -0.590. The Morgan fingerprint density at radius 1 is 1.57 bits per heavy atom. The van der Waals surface area contributed by atoms with Crippen molar-refractivity contribution in [3.63, 3.8) is 0 Å². The van der Waals surface area contributed by atoms with Crippen LogP contribution in [0.5, 0.6) is 0 Å². The van der Waals surface area contributed by atoms with Crippen molar-refractivity contribution in [2.75, 3.05) is 26.7 Å². The van der Waals surface area contributed by atoms with Crippen molar-refractivity contribution in [1.29, 1.82) is 5.26 Å². The van der Waals surface area contributed by atoms with Crippen molar-refractivity contribution in [3.8, 4) is 6.07 Å². The third kappa shape index (κ3) is 3.28. The van der Waals surface area contributed by atoms with Crippen LogP contribution in [0.15, 0.2) is 0 Å². The van der Waals surface area contributed by atoms with E-state index in [0.717, 1.165) is 32.5 Å². The van der Waals surface area contributed by atoms with Crippen LogP contribution in [0, 0.1) is 11.3 Å². The third-order valence-electron chi connectivity index (χ3n) is 2.99. The highest BCUT2D eigenvalue weighted by Crippen LogP contribution is 2.23. The van der Waals surface area contributed by atoms with Crippen LogP contribution in [-0.4, -0.2) is 37.2 Å². The second kappa shape index (κ2) is 5.33. The predicted octanol–water partition coefficient (Wildman–Crippen LogP) is 1.79. The van der Waals surface area contributed by atoms with Gasteiger partial charge in [0.2, 0.25) is 0 Å². The molecule has 0 spiro atoms. The molecule has 80 valence electrons. The van der Waals surface area contributed by atoms with Gasteiger partial charge < -0.3 is 9.64 Å². The van der Waals surface area contributed by atoms with Crippen molar-refractivity contribution in [1.82, 2.24) is 4.90 Å². The zero-order valence-electron chi connectivity index (χ0n) is 9.25. The second-order valence-corrected chi connectivity index (χ2v) is 4.30. The number of nitriles is 1. The SMILES string of the molecule is COC1(C)CCCN(CCCC#N)C1. The standard InChI is InChI=1S/C11H20N2O/c1-11(14-2)6-5-9-13(10-11)8-4-3-7-12/h3-6,8-10H2,1-2H3. The number of hydrogen-bond acceptors (Lipinski definition) is 3. The molecule has 0 aromatic heterocycles. The number of nitrogens with zero attached hydrogens (tertiary/aromatic N) is 2. The minimum absolute atomic E-state index is 0.0326. The Morgan fingerprint density at radius 2 is 2.36 bits per heavy atom. The van der Waals surface area contributed by atoms with Gasteiger partial charge in [-0.3, -0.25) is 0 Å². The summed E-state index contributed by atoms with van der Waals surface area (Å²) in [5.41, 5.74) is 0.0326. The van der Waals surface area contributed by atoms with Gasteiger partial charge in [0.15, 0.2) is 0 Å². The highest BCUT2D eigenvalue weighted by molar-refractivity contribution is 4.84. The zero-order chi connectivity index (χ0) is 10.4. The van der Waals surface area contributed by atoms with Gasteiger partial charge in [-0.1, -0.05) is 0 Å². The molecule has 1 rings (SSSR count). The van der Waals surface area contributed by atoms with Gasteiger partial charge in [-0.2, -0.15) is 5.26 Å². The molecule has 3 heteroatoms. The van der Waals surface area contributed by atoms with Gasteiger partial charge in [0.1, 0.15) is 0 Å². The highest BCUT2D eigenvalue weighted by Gasteiger charge is 2.30. The molecule has 0 radical (unpaired) electrons. The Bertz CT molecular complexity index is 212. The van der Waals surface area contributed by atoms with E-state index in [2.05, 4.69) is 17.9 Å². The zero-order valence-corrected chi connectivity index (χ0v) is 9.25. The molecular weight excluding hydrogens is 176 g/mol. The Balaban J connectivity index is 2.30. The fourth-order valence-corrected chi connectivity index (χ4v) is 2.05. The van der Waals surface area contributed by atoms with Gasteiger partial charge in [0, 0.05) is 20.1 Å². The van der Waals surface area contributed by atoms with Crippen LogP contribution >= 0.6 is 0 Å². The summed E-state index contributed by atoms with van der Waals surface area (Å²) < 4.78 is 5.51. The van der Waals surface area contributed by atoms with Crippen LogP contribution in [-0.2, 0) is 4.74 Å². The molecule has 1 heterocycles. The first-order valence-electron chi connectivity index (χ1n) is 5.35. The molecule has 0 amide bonds. The van der Waals surface area contributed by atoms with Gasteiger partial charge in [0.25, 0.3) is 0 Å². The maximum absolute atomic E-state index is 8.45. The Morgan fingerprint density at radius 3 is 3.00 bits per heavy atom. The van der Waals surface area contributed by atoms with E-state index in [4.69, 9.17) is 10.00 Å². The quantitative estimate of drug-likeness (QED) is 0.643. The molecule has 1 saturated heterocycles. The molecule has 0 bridgehead atoms. The van der Waals surface area contributed by atoms with Crippen LogP contribution < -0.4 is 0 Å². The number of methoxy groups -OCH3 is 1. The van der Waals surface area contributed by atoms with E-state index in [0.29, 0.717) is 6.42 Å². The van der Waals surface area contributed by atoms with Crippen molar-refractivity contribution < 1.29 is 4.74 Å². The minimum atomic E-state index is 0.0326. The van der Waals surface area contributed by atoms with Crippen molar-refractivity contribution in [3.05, 3.63) is 0 Å². The van der Waals surface area contributed by atoms with E-state index >= 15 is 0 Å². The lowest BCUT2D eigenvalue weighted by Crippen LogP contribution is -2.47. The summed E-state index contributed by atoms with van der Waals surface area (Å²) in [4.78, 5) is 2.41. The van der Waals surface area contributed by atoms with Gasteiger partial charge >= 0.3 is 0 Å². The average molecular weight is 196 g/mol. The summed E-state index contributed by atoms with van der Waals surface area (Å²) in [5, 5.41) is 8.45. The number of ether oxygens (including phenoxy) is 1. The van der Waals surface area contributed by atoms with Crippen molar-refractivity contribution in [2.45, 2.75) is 38.2 Å². The lowest BCUT2D eigenvalue weighted by atomic mass is 9.94. The van der Waals surface area contributed by atoms with Crippen molar-refractivity contribution >= 4 is 0 Å². The second-order valence-electron chi connectivity index (χ2n) is 4.30. The van der Waals surface area contributed by atoms with Crippen LogP contribution in [0.1, 0.15) is 32.6 Å². The van der Waals surface area contributed by atoms with Gasteiger partial charge in [-0.05, 0) is 39.3 Å². The molecule has 0 saturated carbocycles. The summed E-state index contributed by atoms with van der Waals surface area (Å²) in [6.07, 6.45) is 4.01. The molecule has 14 heavy (non-hydrogen) atoms. The summed E-state index contributed by atoms with van der Waals surface area (Å²) in [7, 11) is 1.79. The average Bonchev–Trinajstić information content (AvgIpc) is 2.19. The minimum Gasteiger partial charge on any atom is -0.377 e. The fraction of sp³-hybridized carbons (Fsp3) is 0.909. The molecule has 0 aromatic carbocycles. The van der Waals surface area contributed by atoms with Crippen LogP contribution in [0.4, 0.5) is 0 Å². The van der Waals surface area contributed by atoms with Gasteiger partial charge in [-0.25, -0.2) is 0 Å². The molecule has 0 aliphatic carbocycles. The summed E-state index contributed by atoms with van der Waals surface area (Å²) >= 11 is 0. The van der Waals surface area contributed by atoms with Gasteiger partial charge in [0.05, 0.1) is 11.7 Å². The van der Waals surface area contributed by atoms with E-state index in [1.54, 1.807) is 7.11 Å². The fourth-order valence-electron chi connectivity index (χ4n) is 2.05. The molecule has 1 aliphatic heterocycles. The van der Waals surface area contributed by atoms with Crippen LogP contribution in [0.3, 0.4) is 0 Å². The number of likely N-dealkylation sites (tertiary alicyclic amines) is 1. The highest BCUT2D eigenvalue weighted by atomic mass is 16.5. The van der Waals surface area contributed by atoms with Crippen LogP contribution in [0.25, 0.3) is 0 Å². The summed E-state index contributed by atoms with van der Waals surface area (Å²) in [6, 6.07) is 2.18. The first-order valence-corrected chi connectivity index (χ1v) is 5.35. The Labute approximate surface area is 86.6 Å². The predicted molar refractivity (Wildman–Crippen MR) is 55.9 cm³/mol. The first-order chi connectivity index (χ1) is 6.70. The monoisotopic (exact) mass is 196 g/mol. The molecule has 1 unspecified atom stereocenters. The molecule has 1 fully saturated rings. The van der Waals surface area contributed by atoms with E-state index in [9.17, 15) is 0 Å². The van der Waals surface area contributed by atoms with Crippen molar-refractivity contribution in [2.24, 2.45) is 0 Å². The van der Waals surface area contributed by atoms with E-state index in [-0.39, 0.29) is 5.60 Å². The molecule has 3 nitrogen and oxygen atoms in total. The third-order valence-corrected chi connectivity index (χ3v) is 2.99. The maximum Gasteiger partial charge on any atom is 0.0777 e. The summed E-state index contributed by atoms with van der Waals surface area (Å²) in [5.74, 6) is 0. The lowest BCUT2D eigenvalue weighted by Gasteiger charge is -2.39. The smallest absolute Gasteiger partial charge is 0.0777 e. The summed E-state index contributed by atoms with van der Waals surface area (Å²) in [6.45, 7) is 5.37. The van der Waals surface area contributed by atoms with E-state index < -0.39 is 0 Å². The topological polar surface area (TPSA) is 36.3 Å². The van der Waals surface area contributed by atoms with E-state index in [1.807, 2.05) is 0 Å². The molecule has 0 aromatic rings. The van der Waals surface area contributed by atoms with E-state index in [1.165, 1.54) is 6.42 Å². The maximum atomic E-state index is 8.45. The number of piperidine rings is 1. The molecular formula is C11H20N2O. The van der Waals surface area contributed by atoms with Crippen LogP contribution in [0.2, 0.25) is 0 Å². The lowest BCUT2D eigenvalue weighted by molar-refractivity contribution is -0.0506. The number of rotatable bonds is 4. The molecule has 1 atom stereocenters. The first kappa shape index (κ1) is 11.5. The van der Waals surface area contributed by atoms with Gasteiger partial charge in [-0.15, -0.1) is 0 Å². The largest absolute Gasteiger partial charge is 0.377 e. The number of unbranched alkanes of at least 4 members (excludes halogenated alkanes) is 1. The normalized spacial score (nSPS) is 28.6. The molecule has 0 N–H and O–H groups in total. The number of hydrogen-bond donors (Lipinski definition) is 0.